The van der Waals surface area contributed by atoms with Gasteiger partial charge in [0.2, 0.25) is 11.8 Å². The Bertz CT molecular complexity index is 1600. The number of hydrogen-bond donors (Lipinski definition) is 2. The van der Waals surface area contributed by atoms with Crippen LogP contribution < -0.4 is 10.6 Å². The number of hydrogen-bond acceptors (Lipinski definition) is 17. The van der Waals surface area contributed by atoms with E-state index in [1.807, 2.05) is 6.07 Å². The first kappa shape index (κ1) is 49.2. The minimum atomic E-state index is -1.02. The predicted molar refractivity (Wildman–Crippen MR) is 217 cm³/mol. The molecule has 61 heavy (non-hydrogen) atoms. The highest BCUT2D eigenvalue weighted by Gasteiger charge is 2.45. The highest BCUT2D eigenvalue weighted by molar-refractivity contribution is 6.25. The molecule has 4 amide bonds. The van der Waals surface area contributed by atoms with Crippen molar-refractivity contribution in [3.05, 3.63) is 65.2 Å². The van der Waals surface area contributed by atoms with Crippen LogP contribution in [0.15, 0.2) is 48.5 Å². The Morgan fingerprint density at radius 3 is 1.44 bits per heavy atom. The first-order valence-electron chi connectivity index (χ1n) is 20.6. The van der Waals surface area contributed by atoms with Crippen molar-refractivity contribution in [3.8, 4) is 0 Å². The summed E-state index contributed by atoms with van der Waals surface area (Å²) in [6.45, 7) is 9.04. The summed E-state index contributed by atoms with van der Waals surface area (Å²) >= 11 is 0. The monoisotopic (exact) mass is 861 g/mol. The average molecular weight is 862 g/mol. The number of carbonyl (C=O) groups excluding carboxylic acids is 5. The van der Waals surface area contributed by atoms with E-state index in [9.17, 15) is 24.0 Å². The zero-order valence-electron chi connectivity index (χ0n) is 34.6. The molecule has 1 saturated heterocycles. The maximum absolute atomic E-state index is 13.2. The minimum Gasteiger partial charge on any atom is -0.460 e. The molecule has 0 aliphatic carbocycles. The van der Waals surface area contributed by atoms with E-state index in [-0.39, 0.29) is 36.5 Å². The molecular formula is C42H59N3O16. The molecule has 338 valence electrons. The molecule has 1 unspecified atom stereocenters. The summed E-state index contributed by atoms with van der Waals surface area (Å²) in [6.07, 6.45) is 0.161. The molecule has 2 heterocycles. The Balaban J connectivity index is 0.812. The fourth-order valence-electron chi connectivity index (χ4n) is 5.85. The van der Waals surface area contributed by atoms with Gasteiger partial charge in [0.15, 0.2) is 0 Å². The zero-order chi connectivity index (χ0) is 43.2. The van der Waals surface area contributed by atoms with Crippen molar-refractivity contribution in [2.75, 3.05) is 151 Å². The van der Waals surface area contributed by atoms with Gasteiger partial charge >= 0.3 is 5.97 Å². The Kier molecular flexibility index (Phi) is 24.7. The van der Waals surface area contributed by atoms with E-state index in [4.69, 9.17) is 52.1 Å². The number of benzene rings is 2. The van der Waals surface area contributed by atoms with Crippen LogP contribution in [0, 0.1) is 0 Å². The van der Waals surface area contributed by atoms with E-state index in [1.54, 1.807) is 42.5 Å². The molecule has 2 aromatic rings. The van der Waals surface area contributed by atoms with Crippen molar-refractivity contribution < 1.29 is 76.1 Å². The van der Waals surface area contributed by atoms with Crippen LogP contribution in [-0.2, 0) is 61.7 Å². The van der Waals surface area contributed by atoms with E-state index >= 15 is 0 Å². The third-order valence-electron chi connectivity index (χ3n) is 8.85. The van der Waals surface area contributed by atoms with Crippen molar-refractivity contribution in [2.24, 2.45) is 0 Å². The first-order chi connectivity index (χ1) is 30.0. The first-order valence-corrected chi connectivity index (χ1v) is 20.6. The van der Waals surface area contributed by atoms with Crippen LogP contribution in [0.5, 0.6) is 0 Å². The largest absolute Gasteiger partial charge is 0.460 e. The summed E-state index contributed by atoms with van der Waals surface area (Å²) in [5.41, 5.74) is 1.41. The lowest BCUT2D eigenvalue weighted by atomic mass is 10.0. The van der Waals surface area contributed by atoms with Gasteiger partial charge in [0.05, 0.1) is 149 Å². The summed E-state index contributed by atoms with van der Waals surface area (Å²) in [5.74, 6) is -2.55. The Hall–Kier alpha value is -4.41. The fraction of sp³-hybridized carbons (Fsp3) is 0.595. The normalized spacial score (nSPS) is 15.0. The predicted octanol–water partition coefficient (Wildman–Crippen LogP) is 1.52. The molecule has 0 aromatic heterocycles. The molecular weight excluding hydrogens is 802 g/mol. The third-order valence-corrected chi connectivity index (χ3v) is 8.85. The molecule has 19 heteroatoms. The van der Waals surface area contributed by atoms with Gasteiger partial charge in [-0.25, -0.2) is 4.79 Å². The van der Waals surface area contributed by atoms with Crippen molar-refractivity contribution in [1.82, 2.24) is 10.2 Å². The lowest BCUT2D eigenvalue weighted by molar-refractivity contribution is -0.136. The Morgan fingerprint density at radius 1 is 0.541 bits per heavy atom. The van der Waals surface area contributed by atoms with Crippen LogP contribution in [-0.4, -0.2) is 186 Å². The Labute approximate surface area is 355 Å². The van der Waals surface area contributed by atoms with Crippen LogP contribution in [0.3, 0.4) is 0 Å². The topological polar surface area (TPSA) is 214 Å². The SMILES string of the molecule is O=C1CCC(N2C(=O)c3cccc(NCCOCCOCCOCCOCCOCCOCCOCCOCCOCCOCCOC(=O)c4ccccc4)c3C2=O)C(=O)N1. The molecule has 0 spiro atoms. The number of amides is 4. The number of imide groups is 2. The maximum atomic E-state index is 13.2. The number of ether oxygens (including phenoxy) is 11. The van der Waals surface area contributed by atoms with Gasteiger partial charge in [0, 0.05) is 18.7 Å². The van der Waals surface area contributed by atoms with Crippen LogP contribution in [0.1, 0.15) is 43.9 Å². The standard InChI is InChI=1S/C42H59N3O16/c46-37-10-9-36(39(47)44-37)45-40(48)34-7-4-8-35(38(34)41(45)49)43-11-12-51-13-14-52-15-16-53-17-18-54-19-20-55-21-22-56-23-24-57-25-26-58-27-28-59-29-30-60-31-32-61-42(50)33-5-2-1-3-6-33/h1-8,36,43H,9-32H2,(H,44,46,47). The van der Waals surface area contributed by atoms with E-state index in [0.717, 1.165) is 4.90 Å². The van der Waals surface area contributed by atoms with Gasteiger partial charge in [0.25, 0.3) is 11.8 Å². The third kappa shape index (κ3) is 19.0. The molecule has 1 atom stereocenters. The molecule has 19 nitrogen and oxygen atoms in total. The number of fused-ring (bicyclic) bond motifs is 1. The number of rotatable bonds is 36. The summed E-state index contributed by atoms with van der Waals surface area (Å²) in [7, 11) is 0. The van der Waals surface area contributed by atoms with E-state index < -0.39 is 29.7 Å². The number of piperidine rings is 1. The maximum Gasteiger partial charge on any atom is 0.338 e. The highest BCUT2D eigenvalue weighted by atomic mass is 16.6. The average Bonchev–Trinajstić information content (AvgIpc) is 3.52. The van der Waals surface area contributed by atoms with Gasteiger partial charge in [-0.15, -0.1) is 0 Å². The van der Waals surface area contributed by atoms with Gasteiger partial charge in [0.1, 0.15) is 12.6 Å². The summed E-state index contributed by atoms with van der Waals surface area (Å²) in [4.78, 5) is 62.7. The molecule has 0 saturated carbocycles. The fourth-order valence-corrected chi connectivity index (χ4v) is 5.85. The molecule has 2 aliphatic heterocycles. The summed E-state index contributed by atoms with van der Waals surface area (Å²) in [5, 5.41) is 5.33. The molecule has 0 bridgehead atoms. The molecule has 2 aromatic carbocycles. The second kappa shape index (κ2) is 30.6. The minimum absolute atomic E-state index is 0.0616. The van der Waals surface area contributed by atoms with E-state index in [2.05, 4.69) is 10.6 Å². The molecule has 0 radical (unpaired) electrons. The van der Waals surface area contributed by atoms with Crippen LogP contribution in [0.4, 0.5) is 5.69 Å². The second-order valence-corrected chi connectivity index (χ2v) is 13.2. The van der Waals surface area contributed by atoms with Gasteiger partial charge < -0.3 is 57.4 Å². The van der Waals surface area contributed by atoms with Crippen LogP contribution in [0.2, 0.25) is 0 Å². The van der Waals surface area contributed by atoms with Crippen LogP contribution in [0.25, 0.3) is 0 Å². The number of anilines is 1. The molecule has 2 N–H and O–H groups in total. The van der Waals surface area contributed by atoms with Crippen molar-refractivity contribution >= 4 is 35.3 Å². The van der Waals surface area contributed by atoms with Crippen molar-refractivity contribution in [3.63, 3.8) is 0 Å². The molecule has 4 rings (SSSR count). The Morgan fingerprint density at radius 2 is 0.984 bits per heavy atom. The number of nitrogens with one attached hydrogen (secondary N) is 2. The van der Waals surface area contributed by atoms with Crippen LogP contribution >= 0.6 is 0 Å². The highest BCUT2D eigenvalue weighted by Crippen LogP contribution is 2.32. The zero-order valence-corrected chi connectivity index (χ0v) is 34.6. The van der Waals surface area contributed by atoms with Gasteiger partial charge in [-0.1, -0.05) is 24.3 Å². The van der Waals surface area contributed by atoms with Crippen molar-refractivity contribution in [1.29, 1.82) is 0 Å². The number of nitrogens with zero attached hydrogens (tertiary/aromatic N) is 1. The lowest BCUT2D eigenvalue weighted by Crippen LogP contribution is -2.54. The van der Waals surface area contributed by atoms with Gasteiger partial charge in [-0.05, 0) is 30.7 Å². The second-order valence-electron chi connectivity index (χ2n) is 13.2. The smallest absolute Gasteiger partial charge is 0.338 e. The van der Waals surface area contributed by atoms with Gasteiger partial charge in [-0.3, -0.25) is 29.4 Å². The summed E-state index contributed by atoms with van der Waals surface area (Å²) in [6, 6.07) is 12.7. The number of carbonyl (C=O) groups is 5. The van der Waals surface area contributed by atoms with E-state index in [1.165, 1.54) is 0 Å². The molecule has 1 fully saturated rings. The van der Waals surface area contributed by atoms with Crippen molar-refractivity contribution in [2.45, 2.75) is 18.9 Å². The molecule has 2 aliphatic rings. The lowest BCUT2D eigenvalue weighted by Gasteiger charge is -2.27. The van der Waals surface area contributed by atoms with E-state index in [0.29, 0.717) is 150 Å². The summed E-state index contributed by atoms with van der Waals surface area (Å²) < 4.78 is 60.0. The number of esters is 1. The van der Waals surface area contributed by atoms with Gasteiger partial charge in [-0.2, -0.15) is 0 Å². The quantitative estimate of drug-likeness (QED) is 0.0565.